The maximum Gasteiger partial charge on any atom is 0.268 e. The summed E-state index contributed by atoms with van der Waals surface area (Å²) in [5.41, 5.74) is 0.599. The maximum absolute atomic E-state index is 15.0. The largest absolute Gasteiger partial charge is 0.493 e. The fraction of sp³-hybridized carbons (Fsp3) is 0.226. The Morgan fingerprint density at radius 3 is 2.76 bits per heavy atom. The van der Waals surface area contributed by atoms with Crippen molar-refractivity contribution in [3.05, 3.63) is 94.7 Å². The monoisotopic (exact) mass is 581 g/mol. The lowest BCUT2D eigenvalue weighted by Crippen LogP contribution is -2.32. The first-order valence-electron chi connectivity index (χ1n) is 13.2. The minimum Gasteiger partial charge on any atom is -0.493 e. The van der Waals surface area contributed by atoms with Crippen LogP contribution in [0.3, 0.4) is 0 Å². The van der Waals surface area contributed by atoms with Crippen molar-refractivity contribution < 1.29 is 36.2 Å². The van der Waals surface area contributed by atoms with Crippen LogP contribution in [0.25, 0.3) is 22.3 Å². The van der Waals surface area contributed by atoms with Gasteiger partial charge >= 0.3 is 0 Å². The number of ether oxygens (including phenoxy) is 2. The predicted molar refractivity (Wildman–Crippen MR) is 145 cm³/mol. The number of hydrogen-bond donors (Lipinski definition) is 2. The van der Waals surface area contributed by atoms with E-state index in [4.69, 9.17) is 9.47 Å². The Labute approximate surface area is 236 Å². The number of nitrogens with one attached hydrogen (secondary N) is 2. The first kappa shape index (κ1) is 27.5. The van der Waals surface area contributed by atoms with Gasteiger partial charge in [0, 0.05) is 40.9 Å². The Bertz CT molecular complexity index is 1820. The van der Waals surface area contributed by atoms with Crippen LogP contribution in [0.15, 0.2) is 54.9 Å². The van der Waals surface area contributed by atoms with E-state index in [1.54, 1.807) is 6.20 Å². The van der Waals surface area contributed by atoms with Gasteiger partial charge in [0.25, 0.3) is 6.43 Å². The normalized spacial score (nSPS) is 16.5. The Balaban J connectivity index is 1.37. The summed E-state index contributed by atoms with van der Waals surface area (Å²) in [4.78, 5) is 20.9. The van der Waals surface area contributed by atoms with E-state index in [2.05, 4.69) is 15.0 Å². The molecule has 6 nitrogen and oxygen atoms in total. The minimum absolute atomic E-state index is 0.0587. The summed E-state index contributed by atoms with van der Waals surface area (Å²) < 4.78 is 84.0. The summed E-state index contributed by atoms with van der Waals surface area (Å²) in [5.74, 6) is -4.00. The van der Waals surface area contributed by atoms with Crippen LogP contribution in [0, 0.1) is 17.5 Å². The molecule has 0 spiro atoms. The summed E-state index contributed by atoms with van der Waals surface area (Å²) in [5, 5.41) is -0.226. The molecule has 11 heteroatoms. The molecule has 0 amide bonds. The number of aryl methyl sites for hydroxylation is 1. The number of imidazole rings is 1. The van der Waals surface area contributed by atoms with Crippen molar-refractivity contribution in [3.63, 3.8) is 0 Å². The Morgan fingerprint density at radius 1 is 1.14 bits per heavy atom. The summed E-state index contributed by atoms with van der Waals surface area (Å²) in [6, 6.07) is 10.3. The summed E-state index contributed by atoms with van der Waals surface area (Å²) >= 11 is 0. The molecule has 3 heterocycles. The zero-order valence-electron chi connectivity index (χ0n) is 22.2. The molecule has 6 rings (SSSR count). The zero-order chi connectivity index (χ0) is 29.6. The highest BCUT2D eigenvalue weighted by molar-refractivity contribution is 5.86. The van der Waals surface area contributed by atoms with Crippen molar-refractivity contribution in [2.45, 2.75) is 38.0 Å². The van der Waals surface area contributed by atoms with Crippen LogP contribution in [0.5, 0.6) is 17.2 Å². The third kappa shape index (κ3) is 4.49. The van der Waals surface area contributed by atoms with Gasteiger partial charge in [-0.2, -0.15) is 4.39 Å². The number of halogens is 5. The number of aromatic nitrogens is 3. The Morgan fingerprint density at radius 2 is 1.98 bits per heavy atom. The van der Waals surface area contributed by atoms with E-state index in [1.165, 1.54) is 18.3 Å². The molecule has 1 aliphatic rings. The molecular formula is C31H24F5N3O3. The second kappa shape index (κ2) is 10.6. The van der Waals surface area contributed by atoms with Gasteiger partial charge in [0.2, 0.25) is 5.82 Å². The minimum atomic E-state index is -3.18. The second-order valence-corrected chi connectivity index (χ2v) is 10.3. The van der Waals surface area contributed by atoms with E-state index in [0.29, 0.717) is 37.3 Å². The number of alkyl halides is 2. The molecule has 0 saturated carbocycles. The molecule has 0 bridgehead atoms. The van der Waals surface area contributed by atoms with E-state index in [-0.39, 0.29) is 22.5 Å². The van der Waals surface area contributed by atoms with Crippen LogP contribution in [-0.4, -0.2) is 27.8 Å². The van der Waals surface area contributed by atoms with E-state index >= 15 is 4.39 Å². The molecule has 216 valence electrons. The van der Waals surface area contributed by atoms with Crippen LogP contribution < -0.4 is 9.47 Å². The van der Waals surface area contributed by atoms with Crippen LogP contribution >= 0.6 is 0 Å². The Hall–Kier alpha value is -4.67. The molecular weight excluding hydrogens is 557 g/mol. The predicted octanol–water partition coefficient (Wildman–Crippen LogP) is 7.93. The van der Waals surface area contributed by atoms with E-state index < -0.39 is 46.1 Å². The summed E-state index contributed by atoms with van der Waals surface area (Å²) in [6.07, 6.45) is 1.96. The maximum atomic E-state index is 15.0. The highest BCUT2D eigenvalue weighted by atomic mass is 19.3. The molecule has 2 N–H and O–H groups in total. The third-order valence-electron chi connectivity index (χ3n) is 7.77. The number of nitrogens with zero attached hydrogens (tertiary/aromatic N) is 1. The Kier molecular flexibility index (Phi) is 6.96. The number of para-hydroxylation sites is 1. The molecule has 1 aliphatic heterocycles. The molecule has 0 radical (unpaired) electrons. The van der Waals surface area contributed by atoms with Crippen LogP contribution in [0.4, 0.5) is 22.0 Å². The highest BCUT2D eigenvalue weighted by Crippen LogP contribution is 2.46. The quantitative estimate of drug-likeness (QED) is 0.144. The molecule has 5 aromatic rings. The average molecular weight is 582 g/mol. The lowest BCUT2D eigenvalue weighted by atomic mass is 9.74. The number of aldehydes is 1. The van der Waals surface area contributed by atoms with Crippen LogP contribution in [0.2, 0.25) is 0 Å². The van der Waals surface area contributed by atoms with Crippen molar-refractivity contribution >= 4 is 17.2 Å². The number of H-pyrrole nitrogens is 2. The van der Waals surface area contributed by atoms with E-state index in [0.717, 1.165) is 29.5 Å². The lowest BCUT2D eigenvalue weighted by molar-refractivity contribution is -0.107. The van der Waals surface area contributed by atoms with Gasteiger partial charge in [0.15, 0.2) is 11.6 Å². The van der Waals surface area contributed by atoms with Crippen molar-refractivity contribution in [2.24, 2.45) is 0 Å². The zero-order valence-corrected chi connectivity index (χ0v) is 22.2. The molecule has 42 heavy (non-hydrogen) atoms. The van der Waals surface area contributed by atoms with E-state index in [9.17, 15) is 22.4 Å². The van der Waals surface area contributed by atoms with Crippen LogP contribution in [0.1, 0.15) is 48.6 Å². The lowest BCUT2D eigenvalue weighted by Gasteiger charge is -2.36. The molecule has 1 atom stereocenters. The standard InChI is InChI=1S/C31H24F5N3O3/c1-31(10-13-41-27-16(5-3-12-40)4-2-6-20(27)31)22-15-38-30(39-22)19-14-17(7-8-21(19)32)42-28-23(29(35)36)18-9-11-37-26(18)24(33)25(28)34/h2,4,6-9,11-12,14-15,29,37H,3,5,10,13H2,1H3,(H,38,39). The fourth-order valence-corrected chi connectivity index (χ4v) is 5.52. The SMILES string of the molecule is CC1(c2cnc(-c3cc(Oc4c(F)c(F)c5[nH]ccc5c4C(F)F)ccc3F)[nH]2)CCOc2c(CCC=O)cccc21. The second-order valence-electron chi connectivity index (χ2n) is 10.3. The van der Waals surface area contributed by atoms with Crippen molar-refractivity contribution in [1.29, 1.82) is 0 Å². The topological polar surface area (TPSA) is 80.0 Å². The van der Waals surface area contributed by atoms with Crippen molar-refractivity contribution in [1.82, 2.24) is 15.0 Å². The first-order chi connectivity index (χ1) is 20.2. The number of carbonyl (C=O) groups is 1. The third-order valence-corrected chi connectivity index (χ3v) is 7.77. The molecule has 0 fully saturated rings. The van der Waals surface area contributed by atoms with E-state index in [1.807, 2.05) is 25.1 Å². The van der Waals surface area contributed by atoms with Gasteiger partial charge in [-0.05, 0) is 49.6 Å². The number of rotatable bonds is 8. The molecule has 1 unspecified atom stereocenters. The van der Waals surface area contributed by atoms with Crippen LogP contribution in [-0.2, 0) is 16.6 Å². The van der Waals surface area contributed by atoms with Gasteiger partial charge in [0.05, 0.1) is 23.3 Å². The van der Waals surface area contributed by atoms with Gasteiger partial charge in [0.1, 0.15) is 29.4 Å². The summed E-state index contributed by atoms with van der Waals surface area (Å²) in [7, 11) is 0. The van der Waals surface area contributed by atoms with Gasteiger partial charge in [-0.1, -0.05) is 18.2 Å². The number of hydrogen-bond acceptors (Lipinski definition) is 4. The van der Waals surface area contributed by atoms with Gasteiger partial charge in [-0.25, -0.2) is 22.5 Å². The first-order valence-corrected chi connectivity index (χ1v) is 13.2. The van der Waals surface area contributed by atoms with Crippen molar-refractivity contribution in [2.75, 3.05) is 6.61 Å². The molecule has 2 aromatic heterocycles. The fourth-order valence-electron chi connectivity index (χ4n) is 5.52. The van der Waals surface area contributed by atoms with Gasteiger partial charge < -0.3 is 24.2 Å². The van der Waals surface area contributed by atoms with Gasteiger partial charge in [-0.15, -0.1) is 0 Å². The number of fused-ring (bicyclic) bond motifs is 2. The number of benzene rings is 3. The molecule has 3 aromatic carbocycles. The van der Waals surface area contributed by atoms with Crippen molar-refractivity contribution in [3.8, 4) is 28.6 Å². The summed E-state index contributed by atoms with van der Waals surface area (Å²) in [6.45, 7) is 2.42. The smallest absolute Gasteiger partial charge is 0.268 e. The highest BCUT2D eigenvalue weighted by Gasteiger charge is 2.38. The molecule has 0 aliphatic carbocycles. The number of carbonyl (C=O) groups excluding carboxylic acids is 1. The number of aromatic amines is 2. The van der Waals surface area contributed by atoms with Gasteiger partial charge in [-0.3, -0.25) is 0 Å². The average Bonchev–Trinajstić information content (AvgIpc) is 3.67. The molecule has 0 saturated heterocycles.